The molecular weight excluding hydrogens is 378 g/mol. The number of tetrazole rings is 1. The van der Waals surface area contributed by atoms with Crippen LogP contribution in [-0.2, 0) is 23.2 Å². The molecule has 8 nitrogen and oxygen atoms in total. The topological polar surface area (TPSA) is 83.9 Å². The number of aromatic amines is 1. The number of H-pyrrole nitrogens is 1. The summed E-state index contributed by atoms with van der Waals surface area (Å²) in [7, 11) is 0. The van der Waals surface area contributed by atoms with Crippen LogP contribution in [-0.4, -0.2) is 69.5 Å². The molecule has 0 bridgehead atoms. The lowest BCUT2D eigenvalue weighted by molar-refractivity contribution is 0.0367. The standard InChI is InChI=1S/C22H33N7O/c1-3-22(2,24-10-9-18-17-23-20-8-5-4-7-19(18)20)21-25-26-27-29(21)12-6-11-28-13-15-30-16-14-28/h4-5,7-8,17,23-24H,3,6,9-16H2,1-2H3/t22-/m0/s1. The number of ether oxygens (including phenoxy) is 1. The van der Waals surface area contributed by atoms with Crippen LogP contribution >= 0.6 is 0 Å². The van der Waals surface area contributed by atoms with Gasteiger partial charge in [-0.3, -0.25) is 4.90 Å². The average Bonchev–Trinajstić information content (AvgIpc) is 3.42. The van der Waals surface area contributed by atoms with Gasteiger partial charge < -0.3 is 15.0 Å². The second-order valence-electron chi connectivity index (χ2n) is 8.26. The van der Waals surface area contributed by atoms with Gasteiger partial charge in [-0.15, -0.1) is 5.10 Å². The van der Waals surface area contributed by atoms with Gasteiger partial charge in [-0.2, -0.15) is 0 Å². The number of nitrogens with one attached hydrogen (secondary N) is 2. The molecule has 1 atom stereocenters. The third kappa shape index (κ3) is 4.71. The van der Waals surface area contributed by atoms with E-state index in [-0.39, 0.29) is 5.54 Å². The van der Waals surface area contributed by atoms with Gasteiger partial charge in [0.05, 0.1) is 18.8 Å². The first-order valence-electron chi connectivity index (χ1n) is 11.1. The summed E-state index contributed by atoms with van der Waals surface area (Å²) in [6.45, 7) is 10.9. The number of aryl methyl sites for hydroxylation is 1. The highest BCUT2D eigenvalue weighted by Crippen LogP contribution is 2.23. The van der Waals surface area contributed by atoms with Crippen LogP contribution in [0.5, 0.6) is 0 Å². The first kappa shape index (κ1) is 21.0. The molecule has 0 amide bonds. The molecule has 0 radical (unpaired) electrons. The Morgan fingerprint density at radius 1 is 1.20 bits per heavy atom. The molecule has 1 saturated heterocycles. The van der Waals surface area contributed by atoms with Crippen molar-refractivity contribution in [2.75, 3.05) is 39.4 Å². The molecule has 2 N–H and O–H groups in total. The third-order valence-electron chi connectivity index (χ3n) is 6.26. The number of para-hydroxylation sites is 1. The Morgan fingerprint density at radius 3 is 2.87 bits per heavy atom. The van der Waals surface area contributed by atoms with E-state index in [0.717, 1.165) is 71.0 Å². The number of nitrogens with zero attached hydrogens (tertiary/aromatic N) is 5. The second-order valence-corrected chi connectivity index (χ2v) is 8.26. The summed E-state index contributed by atoms with van der Waals surface area (Å²) in [5.41, 5.74) is 2.27. The lowest BCUT2D eigenvalue weighted by Gasteiger charge is -2.29. The van der Waals surface area contributed by atoms with Gasteiger partial charge in [-0.05, 0) is 48.2 Å². The van der Waals surface area contributed by atoms with E-state index in [4.69, 9.17) is 4.74 Å². The first-order chi connectivity index (χ1) is 14.7. The Balaban J connectivity index is 1.34. The van der Waals surface area contributed by atoms with E-state index in [2.05, 4.69) is 75.0 Å². The molecule has 1 aromatic carbocycles. The van der Waals surface area contributed by atoms with E-state index in [0.29, 0.717) is 0 Å². The molecule has 0 spiro atoms. The fourth-order valence-corrected chi connectivity index (χ4v) is 4.19. The number of hydrogen-bond donors (Lipinski definition) is 2. The van der Waals surface area contributed by atoms with E-state index in [1.165, 1.54) is 16.5 Å². The summed E-state index contributed by atoms with van der Waals surface area (Å²) in [6, 6.07) is 8.45. The maximum absolute atomic E-state index is 5.43. The van der Waals surface area contributed by atoms with Crippen LogP contribution in [0.2, 0.25) is 0 Å². The molecule has 3 heterocycles. The molecule has 8 heteroatoms. The van der Waals surface area contributed by atoms with Gasteiger partial charge in [-0.1, -0.05) is 25.1 Å². The molecule has 2 aromatic heterocycles. The highest BCUT2D eigenvalue weighted by Gasteiger charge is 2.30. The van der Waals surface area contributed by atoms with Crippen LogP contribution in [0.3, 0.4) is 0 Å². The monoisotopic (exact) mass is 411 g/mol. The van der Waals surface area contributed by atoms with Crippen molar-refractivity contribution in [3.63, 3.8) is 0 Å². The van der Waals surface area contributed by atoms with Crippen LogP contribution in [0.25, 0.3) is 10.9 Å². The number of benzene rings is 1. The highest BCUT2D eigenvalue weighted by molar-refractivity contribution is 5.83. The van der Waals surface area contributed by atoms with Gasteiger partial charge in [0.2, 0.25) is 0 Å². The van der Waals surface area contributed by atoms with Crippen LogP contribution < -0.4 is 5.32 Å². The van der Waals surface area contributed by atoms with E-state index in [1.54, 1.807) is 0 Å². The Morgan fingerprint density at radius 2 is 2.03 bits per heavy atom. The summed E-state index contributed by atoms with van der Waals surface area (Å²) >= 11 is 0. The van der Waals surface area contributed by atoms with Crippen molar-refractivity contribution < 1.29 is 4.74 Å². The van der Waals surface area contributed by atoms with Crippen LogP contribution in [0.4, 0.5) is 0 Å². The molecule has 0 saturated carbocycles. The van der Waals surface area contributed by atoms with Gasteiger partial charge in [0.25, 0.3) is 0 Å². The molecule has 1 aliphatic heterocycles. The quantitative estimate of drug-likeness (QED) is 0.533. The summed E-state index contributed by atoms with van der Waals surface area (Å²) in [6.07, 6.45) is 5.03. The normalized spacial score (nSPS) is 17.4. The number of rotatable bonds is 10. The average molecular weight is 412 g/mol. The zero-order valence-electron chi connectivity index (χ0n) is 18.1. The van der Waals surface area contributed by atoms with Gasteiger partial charge in [0.1, 0.15) is 0 Å². The predicted molar refractivity (Wildman–Crippen MR) is 117 cm³/mol. The number of hydrogen-bond acceptors (Lipinski definition) is 6. The Bertz CT molecular complexity index is 930. The van der Waals surface area contributed by atoms with Crippen molar-refractivity contribution in [2.45, 2.75) is 45.2 Å². The van der Waals surface area contributed by atoms with Crippen LogP contribution in [0.15, 0.2) is 30.5 Å². The van der Waals surface area contributed by atoms with Gasteiger partial charge in [0, 0.05) is 49.8 Å². The predicted octanol–water partition coefficient (Wildman–Crippen LogP) is 2.33. The molecule has 3 aromatic rings. The summed E-state index contributed by atoms with van der Waals surface area (Å²) in [5, 5.41) is 17.7. The fourth-order valence-electron chi connectivity index (χ4n) is 4.19. The SMILES string of the molecule is CC[C@](C)(NCCc1c[nH]c2ccccc12)c1nnnn1CCCN1CCOCC1. The molecule has 1 aliphatic rings. The fraction of sp³-hybridized carbons (Fsp3) is 0.591. The Labute approximate surface area is 178 Å². The molecule has 0 unspecified atom stereocenters. The second kappa shape index (κ2) is 9.68. The third-order valence-corrected chi connectivity index (χ3v) is 6.26. The van der Waals surface area contributed by atoms with Crippen molar-refractivity contribution >= 4 is 10.9 Å². The largest absolute Gasteiger partial charge is 0.379 e. The summed E-state index contributed by atoms with van der Waals surface area (Å²) < 4.78 is 7.40. The molecule has 30 heavy (non-hydrogen) atoms. The maximum Gasteiger partial charge on any atom is 0.171 e. The van der Waals surface area contributed by atoms with E-state index in [1.807, 2.05) is 4.68 Å². The van der Waals surface area contributed by atoms with Crippen molar-refractivity contribution in [1.29, 1.82) is 0 Å². The summed E-state index contributed by atoms with van der Waals surface area (Å²) in [5.74, 6) is 0.922. The molecule has 0 aliphatic carbocycles. The Hall–Kier alpha value is -2.29. The van der Waals surface area contributed by atoms with Crippen LogP contribution in [0.1, 0.15) is 38.1 Å². The van der Waals surface area contributed by atoms with E-state index in [9.17, 15) is 0 Å². The Kier molecular flexibility index (Phi) is 6.76. The smallest absolute Gasteiger partial charge is 0.171 e. The van der Waals surface area contributed by atoms with Crippen molar-refractivity contribution in [3.05, 3.63) is 41.9 Å². The minimum atomic E-state index is -0.255. The van der Waals surface area contributed by atoms with Gasteiger partial charge in [-0.25, -0.2) is 4.68 Å². The highest BCUT2D eigenvalue weighted by atomic mass is 16.5. The van der Waals surface area contributed by atoms with Crippen molar-refractivity contribution in [2.24, 2.45) is 0 Å². The lowest BCUT2D eigenvalue weighted by atomic mass is 9.97. The minimum Gasteiger partial charge on any atom is -0.379 e. The minimum absolute atomic E-state index is 0.255. The first-order valence-corrected chi connectivity index (χ1v) is 11.1. The number of aromatic nitrogens is 5. The zero-order chi connectivity index (χ0) is 20.8. The number of fused-ring (bicyclic) bond motifs is 1. The lowest BCUT2D eigenvalue weighted by Crippen LogP contribution is -2.43. The van der Waals surface area contributed by atoms with Crippen molar-refractivity contribution in [1.82, 2.24) is 35.4 Å². The number of morpholine rings is 1. The van der Waals surface area contributed by atoms with Gasteiger partial charge in [0.15, 0.2) is 5.82 Å². The van der Waals surface area contributed by atoms with E-state index < -0.39 is 0 Å². The maximum atomic E-state index is 5.43. The molecular formula is C22H33N7O. The summed E-state index contributed by atoms with van der Waals surface area (Å²) in [4.78, 5) is 5.81. The molecule has 4 rings (SSSR count). The zero-order valence-corrected chi connectivity index (χ0v) is 18.1. The molecule has 162 valence electrons. The van der Waals surface area contributed by atoms with Gasteiger partial charge >= 0.3 is 0 Å². The van der Waals surface area contributed by atoms with Crippen LogP contribution in [0, 0.1) is 0 Å². The molecule has 1 fully saturated rings. The van der Waals surface area contributed by atoms with Crippen molar-refractivity contribution in [3.8, 4) is 0 Å². The van der Waals surface area contributed by atoms with E-state index >= 15 is 0 Å².